The van der Waals surface area contributed by atoms with Gasteiger partial charge in [-0.05, 0) is 18.5 Å². The molecule has 13 heavy (non-hydrogen) atoms. The van der Waals surface area contributed by atoms with Gasteiger partial charge in [0.2, 0.25) is 5.28 Å². The summed E-state index contributed by atoms with van der Waals surface area (Å²) < 4.78 is 0. The second-order valence-electron chi connectivity index (χ2n) is 2.41. The first-order valence-electron chi connectivity index (χ1n) is 3.83. The zero-order valence-corrected chi connectivity index (χ0v) is 8.86. The molecular weight excluding hydrogens is 204 g/mol. The van der Waals surface area contributed by atoms with Crippen molar-refractivity contribution in [3.8, 4) is 11.8 Å². The highest BCUT2D eigenvalue weighted by atomic mass is 35.5. The van der Waals surface area contributed by atoms with E-state index in [1.165, 1.54) is 0 Å². The van der Waals surface area contributed by atoms with E-state index in [1.807, 2.05) is 6.92 Å². The van der Waals surface area contributed by atoms with Crippen LogP contribution in [0.2, 0.25) is 5.28 Å². The van der Waals surface area contributed by atoms with Gasteiger partial charge in [-0.15, -0.1) is 0 Å². The average Bonchev–Trinajstić information content (AvgIpc) is 2.09. The molecule has 0 aromatic carbocycles. The lowest BCUT2D eigenvalue weighted by atomic mass is 10.2. The van der Waals surface area contributed by atoms with Crippen molar-refractivity contribution in [2.45, 2.75) is 13.3 Å². The summed E-state index contributed by atoms with van der Waals surface area (Å²) in [5, 5.41) is 0.261. The van der Waals surface area contributed by atoms with Crippen LogP contribution in [-0.4, -0.2) is 15.7 Å². The molecule has 0 saturated carbocycles. The second-order valence-corrected chi connectivity index (χ2v) is 3.20. The molecule has 0 amide bonds. The van der Waals surface area contributed by atoms with Crippen molar-refractivity contribution >= 4 is 24.2 Å². The van der Waals surface area contributed by atoms with Gasteiger partial charge in [0.05, 0.1) is 11.3 Å². The molecule has 0 radical (unpaired) electrons. The van der Waals surface area contributed by atoms with Crippen LogP contribution in [0.15, 0.2) is 6.20 Å². The van der Waals surface area contributed by atoms with E-state index in [0.717, 1.165) is 23.4 Å². The number of halogens is 1. The Hall–Kier alpha value is -0.720. The van der Waals surface area contributed by atoms with Gasteiger partial charge >= 0.3 is 0 Å². The molecule has 0 bridgehead atoms. The van der Waals surface area contributed by atoms with Gasteiger partial charge in [-0.2, -0.15) is 12.6 Å². The van der Waals surface area contributed by atoms with Gasteiger partial charge in [0.25, 0.3) is 0 Å². The fourth-order valence-corrected chi connectivity index (χ4v) is 1.06. The Morgan fingerprint density at radius 3 is 3.00 bits per heavy atom. The van der Waals surface area contributed by atoms with Gasteiger partial charge < -0.3 is 0 Å². The summed E-state index contributed by atoms with van der Waals surface area (Å²) in [6.45, 7) is 1.86. The topological polar surface area (TPSA) is 25.8 Å². The van der Waals surface area contributed by atoms with E-state index in [9.17, 15) is 0 Å². The van der Waals surface area contributed by atoms with E-state index in [2.05, 4.69) is 34.4 Å². The first-order chi connectivity index (χ1) is 6.24. The van der Waals surface area contributed by atoms with Crippen LogP contribution in [0.25, 0.3) is 0 Å². The Balaban J connectivity index is 2.85. The summed E-state index contributed by atoms with van der Waals surface area (Å²) in [5.41, 5.74) is 1.64. The highest BCUT2D eigenvalue weighted by molar-refractivity contribution is 7.80. The minimum absolute atomic E-state index is 0.261. The number of hydrogen-bond acceptors (Lipinski definition) is 3. The second kappa shape index (κ2) is 5.11. The fourth-order valence-electron chi connectivity index (χ4n) is 0.775. The first kappa shape index (κ1) is 10.4. The molecule has 0 unspecified atom stereocenters. The van der Waals surface area contributed by atoms with Crippen LogP contribution in [0.1, 0.15) is 17.7 Å². The number of hydrogen-bond donors (Lipinski definition) is 1. The predicted molar refractivity (Wildman–Crippen MR) is 57.1 cm³/mol. The lowest BCUT2D eigenvalue weighted by Gasteiger charge is -1.95. The lowest BCUT2D eigenvalue weighted by molar-refractivity contribution is 1.09. The fraction of sp³-hybridized carbons (Fsp3) is 0.333. The normalized spacial score (nSPS) is 9.15. The smallest absolute Gasteiger partial charge is 0.222 e. The van der Waals surface area contributed by atoms with Crippen molar-refractivity contribution in [1.82, 2.24) is 9.97 Å². The van der Waals surface area contributed by atoms with Crippen LogP contribution < -0.4 is 0 Å². The summed E-state index contributed by atoms with van der Waals surface area (Å²) >= 11 is 9.65. The third-order valence-corrected chi connectivity index (χ3v) is 1.82. The molecule has 0 aliphatic carbocycles. The molecule has 1 rings (SSSR count). The third kappa shape index (κ3) is 3.25. The Morgan fingerprint density at radius 2 is 2.38 bits per heavy atom. The Kier molecular flexibility index (Phi) is 4.07. The van der Waals surface area contributed by atoms with E-state index < -0.39 is 0 Å². The number of aryl methyl sites for hydroxylation is 1. The van der Waals surface area contributed by atoms with Crippen molar-refractivity contribution in [1.29, 1.82) is 0 Å². The highest BCUT2D eigenvalue weighted by Crippen LogP contribution is 2.05. The highest BCUT2D eigenvalue weighted by Gasteiger charge is 1.97. The van der Waals surface area contributed by atoms with Crippen LogP contribution in [0, 0.1) is 18.8 Å². The summed E-state index contributed by atoms with van der Waals surface area (Å²) in [7, 11) is 0. The number of rotatable bonds is 1. The molecule has 2 nitrogen and oxygen atoms in total. The molecule has 0 aliphatic heterocycles. The van der Waals surface area contributed by atoms with E-state index in [0.29, 0.717) is 0 Å². The van der Waals surface area contributed by atoms with E-state index in [1.54, 1.807) is 6.20 Å². The van der Waals surface area contributed by atoms with Gasteiger partial charge in [0, 0.05) is 18.4 Å². The van der Waals surface area contributed by atoms with Gasteiger partial charge in [0.15, 0.2) is 0 Å². The number of aromatic nitrogens is 2. The predicted octanol–water partition coefficient (Wildman–Crippen LogP) is 2.11. The van der Waals surface area contributed by atoms with Crippen molar-refractivity contribution in [3.05, 3.63) is 22.7 Å². The molecule has 1 aromatic heterocycles. The van der Waals surface area contributed by atoms with Gasteiger partial charge in [0.1, 0.15) is 0 Å². The molecule has 0 fully saturated rings. The van der Waals surface area contributed by atoms with Gasteiger partial charge in [-0.25, -0.2) is 9.97 Å². The van der Waals surface area contributed by atoms with Crippen molar-refractivity contribution in [2.75, 3.05) is 5.75 Å². The molecule has 0 saturated heterocycles. The van der Waals surface area contributed by atoms with Gasteiger partial charge in [-0.3, -0.25) is 0 Å². The van der Waals surface area contributed by atoms with Crippen molar-refractivity contribution < 1.29 is 0 Å². The molecule has 0 aliphatic rings. The summed E-state index contributed by atoms with van der Waals surface area (Å²) in [5.74, 6) is 6.69. The maximum Gasteiger partial charge on any atom is 0.222 e. The quantitative estimate of drug-likeness (QED) is 0.438. The average molecular weight is 213 g/mol. The zero-order chi connectivity index (χ0) is 9.68. The van der Waals surface area contributed by atoms with Crippen molar-refractivity contribution in [2.24, 2.45) is 0 Å². The summed E-state index contributed by atoms with van der Waals surface area (Å²) in [6.07, 6.45) is 2.40. The molecular formula is C9H9ClN2S. The van der Waals surface area contributed by atoms with Crippen LogP contribution in [-0.2, 0) is 0 Å². The third-order valence-electron chi connectivity index (χ3n) is 1.41. The SMILES string of the molecule is Cc1nc(Cl)ncc1C#CCCS. The monoisotopic (exact) mass is 212 g/mol. The summed E-state index contributed by atoms with van der Waals surface area (Å²) in [4.78, 5) is 7.84. The van der Waals surface area contributed by atoms with E-state index in [4.69, 9.17) is 11.6 Å². The maximum atomic E-state index is 5.60. The molecule has 0 atom stereocenters. The largest absolute Gasteiger partial charge is 0.225 e. The van der Waals surface area contributed by atoms with Gasteiger partial charge in [-0.1, -0.05) is 11.8 Å². The lowest BCUT2D eigenvalue weighted by Crippen LogP contribution is -1.90. The minimum atomic E-state index is 0.261. The standard InChI is InChI=1S/C9H9ClN2S/c1-7-8(4-2-3-5-13)6-11-9(10)12-7/h6,13H,3,5H2,1H3. The molecule has 68 valence electrons. The Bertz CT molecular complexity index is 354. The minimum Gasteiger partial charge on any atom is -0.225 e. The van der Waals surface area contributed by atoms with Crippen LogP contribution in [0.3, 0.4) is 0 Å². The zero-order valence-electron chi connectivity index (χ0n) is 7.21. The molecule has 4 heteroatoms. The van der Waals surface area contributed by atoms with Crippen LogP contribution in [0.5, 0.6) is 0 Å². The molecule has 1 heterocycles. The first-order valence-corrected chi connectivity index (χ1v) is 4.84. The van der Waals surface area contributed by atoms with E-state index >= 15 is 0 Å². The molecule has 0 spiro atoms. The Morgan fingerprint density at radius 1 is 1.62 bits per heavy atom. The van der Waals surface area contributed by atoms with E-state index in [-0.39, 0.29) is 5.28 Å². The molecule has 0 N–H and O–H groups in total. The van der Waals surface area contributed by atoms with Crippen LogP contribution in [0.4, 0.5) is 0 Å². The summed E-state index contributed by atoms with van der Waals surface area (Å²) in [6, 6.07) is 0. The molecule has 1 aromatic rings. The maximum absolute atomic E-state index is 5.60. The van der Waals surface area contributed by atoms with Crippen LogP contribution >= 0.6 is 24.2 Å². The van der Waals surface area contributed by atoms with Crippen molar-refractivity contribution in [3.63, 3.8) is 0 Å². The number of thiol groups is 1. The number of nitrogens with zero attached hydrogens (tertiary/aromatic N) is 2. The Labute approximate surface area is 88.2 Å².